The molecular formula is C51H84O15. The second-order valence-corrected chi connectivity index (χ2v) is 16.9. The van der Waals surface area contributed by atoms with Gasteiger partial charge >= 0.3 is 11.9 Å². The monoisotopic (exact) mass is 937 g/mol. The lowest BCUT2D eigenvalue weighted by molar-refractivity contribution is -0.332. The van der Waals surface area contributed by atoms with Crippen molar-refractivity contribution < 1.29 is 73.8 Å². The van der Waals surface area contributed by atoms with Crippen molar-refractivity contribution in [3.63, 3.8) is 0 Å². The molecule has 0 aliphatic carbocycles. The molecule has 2 rings (SSSR count). The Morgan fingerprint density at radius 1 is 0.485 bits per heavy atom. The SMILES string of the molecule is CC/C=C\C/C=C\C/C=C\CCCCCCCC(=O)OC[C@H](CO[C@H]1O[C@H](CO[C@@H]2O[C@H](CO)[C@@H](O)[C@@H](O)[C@H]2O)[C@@H](O)[C@H](O)[C@H]1O)OC(=O)CCCCCCC/C=C\C/C=C\C/C=C\CC. The van der Waals surface area contributed by atoms with Crippen molar-refractivity contribution in [1.82, 2.24) is 0 Å². The summed E-state index contributed by atoms with van der Waals surface area (Å²) in [5, 5.41) is 72.0. The van der Waals surface area contributed by atoms with Crippen LogP contribution in [0.3, 0.4) is 0 Å². The zero-order chi connectivity index (χ0) is 48.2. The van der Waals surface area contributed by atoms with Crippen molar-refractivity contribution in [1.29, 1.82) is 0 Å². The van der Waals surface area contributed by atoms with Gasteiger partial charge in [-0.15, -0.1) is 0 Å². The largest absolute Gasteiger partial charge is 0.462 e. The molecule has 15 heteroatoms. The topological polar surface area (TPSA) is 231 Å². The maximum atomic E-state index is 13.0. The fraction of sp³-hybridized carbons (Fsp3) is 0.725. The molecule has 2 aliphatic rings. The van der Waals surface area contributed by atoms with Crippen molar-refractivity contribution >= 4 is 11.9 Å². The first-order valence-corrected chi connectivity index (χ1v) is 24.5. The molecular weight excluding hydrogens is 853 g/mol. The second kappa shape index (κ2) is 37.9. The van der Waals surface area contributed by atoms with Crippen molar-refractivity contribution in [2.24, 2.45) is 0 Å². The highest BCUT2D eigenvalue weighted by molar-refractivity contribution is 5.70. The molecule has 7 N–H and O–H groups in total. The molecule has 2 heterocycles. The molecule has 0 amide bonds. The fourth-order valence-electron chi connectivity index (χ4n) is 7.18. The van der Waals surface area contributed by atoms with Crippen LogP contribution in [0, 0.1) is 0 Å². The number of carbonyl (C=O) groups excluding carboxylic acids is 2. The van der Waals surface area contributed by atoms with Crippen LogP contribution in [0.2, 0.25) is 0 Å². The molecule has 0 unspecified atom stereocenters. The molecule has 66 heavy (non-hydrogen) atoms. The third-order valence-electron chi connectivity index (χ3n) is 11.2. The normalized spacial score (nSPS) is 26.8. The summed E-state index contributed by atoms with van der Waals surface area (Å²) in [6.07, 6.45) is 26.5. The highest BCUT2D eigenvalue weighted by Crippen LogP contribution is 2.26. The molecule has 0 saturated carbocycles. The average molecular weight is 937 g/mol. The summed E-state index contributed by atoms with van der Waals surface area (Å²) < 4.78 is 33.5. The summed E-state index contributed by atoms with van der Waals surface area (Å²) in [4.78, 5) is 25.7. The van der Waals surface area contributed by atoms with E-state index in [0.29, 0.717) is 12.8 Å². The van der Waals surface area contributed by atoms with Crippen LogP contribution in [0.4, 0.5) is 0 Å². The van der Waals surface area contributed by atoms with Gasteiger partial charge in [-0.1, -0.05) is 125 Å². The van der Waals surface area contributed by atoms with E-state index < -0.39 is 99.3 Å². The minimum atomic E-state index is -1.77. The van der Waals surface area contributed by atoms with E-state index in [1.165, 1.54) is 0 Å². The van der Waals surface area contributed by atoms with Crippen molar-refractivity contribution in [3.8, 4) is 0 Å². The van der Waals surface area contributed by atoms with Gasteiger partial charge in [0.05, 0.1) is 19.8 Å². The van der Waals surface area contributed by atoms with Crippen LogP contribution in [-0.2, 0) is 38.0 Å². The Morgan fingerprint density at radius 3 is 1.42 bits per heavy atom. The summed E-state index contributed by atoms with van der Waals surface area (Å²) in [5.74, 6) is -0.973. The number of unbranched alkanes of at least 4 members (excludes halogenated alkanes) is 10. The fourth-order valence-corrected chi connectivity index (χ4v) is 7.18. The first-order valence-electron chi connectivity index (χ1n) is 24.5. The number of esters is 2. The van der Waals surface area contributed by atoms with E-state index >= 15 is 0 Å². The minimum absolute atomic E-state index is 0.138. The zero-order valence-corrected chi connectivity index (χ0v) is 39.6. The number of carbonyl (C=O) groups is 2. The van der Waals surface area contributed by atoms with Gasteiger partial charge in [-0.2, -0.15) is 0 Å². The van der Waals surface area contributed by atoms with Gasteiger partial charge < -0.3 is 64.2 Å². The number of ether oxygens (including phenoxy) is 6. The van der Waals surface area contributed by atoms with Crippen molar-refractivity contribution in [2.45, 2.75) is 210 Å². The Balaban J connectivity index is 1.84. The van der Waals surface area contributed by atoms with Gasteiger partial charge in [0.15, 0.2) is 18.7 Å². The maximum Gasteiger partial charge on any atom is 0.306 e. The molecule has 15 nitrogen and oxygen atoms in total. The molecule has 0 radical (unpaired) electrons. The summed E-state index contributed by atoms with van der Waals surface area (Å²) in [5.41, 5.74) is 0. The molecule has 2 fully saturated rings. The number of rotatable bonds is 36. The van der Waals surface area contributed by atoms with Crippen molar-refractivity contribution in [3.05, 3.63) is 72.9 Å². The predicted octanol–water partition coefficient (Wildman–Crippen LogP) is 6.26. The number of allylic oxidation sites excluding steroid dienone is 12. The lowest BCUT2D eigenvalue weighted by atomic mass is 9.98. The Kier molecular flexibility index (Phi) is 33.9. The third kappa shape index (κ3) is 25.9. The van der Waals surface area contributed by atoms with Crippen LogP contribution in [0.25, 0.3) is 0 Å². The van der Waals surface area contributed by atoms with Crippen molar-refractivity contribution in [2.75, 3.05) is 26.4 Å². The summed E-state index contributed by atoms with van der Waals surface area (Å²) in [6.45, 7) is 2.30. The van der Waals surface area contributed by atoms with E-state index in [9.17, 15) is 45.3 Å². The smallest absolute Gasteiger partial charge is 0.306 e. The van der Waals surface area contributed by atoms with Gasteiger partial charge in [0.25, 0.3) is 0 Å². The Labute approximate surface area is 393 Å². The number of aliphatic hydroxyl groups is 7. The zero-order valence-electron chi connectivity index (χ0n) is 39.6. The van der Waals surface area contributed by atoms with Gasteiger partial charge in [0.1, 0.15) is 55.4 Å². The molecule has 0 spiro atoms. The lowest BCUT2D eigenvalue weighted by Crippen LogP contribution is -2.61. The second-order valence-electron chi connectivity index (χ2n) is 16.9. The molecule has 0 bridgehead atoms. The molecule has 0 aromatic carbocycles. The Bertz CT molecular complexity index is 1430. The molecule has 0 aromatic rings. The van der Waals surface area contributed by atoms with E-state index in [-0.39, 0.29) is 19.4 Å². The standard InChI is InChI=1S/C51H84O15/c1-3-5-7-9-11-13-15-17-19-21-23-25-27-29-31-33-42(53)61-36-39(64-43(54)34-32-30-28-26-24-22-20-18-16-14-12-10-8-6-4-2)37-62-50-49(60)47(58)45(56)41(66-50)38-63-51-48(59)46(57)44(55)40(35-52)65-51/h5-8,11-14,17-20,39-41,44-52,55-60H,3-4,9-10,15-16,21-38H2,1-2H3/b7-5-,8-6-,13-11-,14-12-,19-17-,20-18-/t39-,40-,41-,44-,45-,46-,47+,48-,49-,50+,51-/m1/s1. The molecule has 2 aliphatic heterocycles. The van der Waals surface area contributed by atoms with Crippen LogP contribution in [-0.4, -0.2) is 142 Å². The summed E-state index contributed by atoms with van der Waals surface area (Å²) in [7, 11) is 0. The molecule has 2 saturated heterocycles. The van der Waals surface area contributed by atoms with Gasteiger partial charge in [0.2, 0.25) is 0 Å². The molecule has 0 aromatic heterocycles. The van der Waals surface area contributed by atoms with Gasteiger partial charge in [-0.25, -0.2) is 0 Å². The van der Waals surface area contributed by atoms with Gasteiger partial charge in [-0.3, -0.25) is 9.59 Å². The Morgan fingerprint density at radius 2 is 0.909 bits per heavy atom. The van der Waals surface area contributed by atoms with Gasteiger partial charge in [0, 0.05) is 12.8 Å². The van der Waals surface area contributed by atoms with Crippen LogP contribution in [0.5, 0.6) is 0 Å². The average Bonchev–Trinajstić information content (AvgIpc) is 3.31. The van der Waals surface area contributed by atoms with E-state index in [1.807, 2.05) is 0 Å². The highest BCUT2D eigenvalue weighted by Gasteiger charge is 2.47. The van der Waals surface area contributed by atoms with E-state index in [4.69, 9.17) is 28.4 Å². The molecule has 378 valence electrons. The minimum Gasteiger partial charge on any atom is -0.462 e. The van der Waals surface area contributed by atoms with E-state index in [1.54, 1.807) is 0 Å². The summed E-state index contributed by atoms with van der Waals surface area (Å²) >= 11 is 0. The van der Waals surface area contributed by atoms with E-state index in [0.717, 1.165) is 103 Å². The Hall–Kier alpha value is -3.06. The van der Waals surface area contributed by atoms with Crippen LogP contribution < -0.4 is 0 Å². The number of aliphatic hydroxyl groups excluding tert-OH is 7. The summed E-state index contributed by atoms with van der Waals surface area (Å²) in [6, 6.07) is 0. The maximum absolute atomic E-state index is 13.0. The highest BCUT2D eigenvalue weighted by atomic mass is 16.7. The predicted molar refractivity (Wildman–Crippen MR) is 252 cm³/mol. The number of hydrogen-bond acceptors (Lipinski definition) is 15. The number of hydrogen-bond donors (Lipinski definition) is 7. The first kappa shape index (κ1) is 59.1. The van der Waals surface area contributed by atoms with Crippen LogP contribution in [0.1, 0.15) is 142 Å². The molecule has 11 atom stereocenters. The van der Waals surface area contributed by atoms with E-state index in [2.05, 4.69) is 86.8 Å². The lowest BCUT2D eigenvalue weighted by Gasteiger charge is -2.42. The van der Waals surface area contributed by atoms with Crippen LogP contribution >= 0.6 is 0 Å². The van der Waals surface area contributed by atoms with Crippen LogP contribution in [0.15, 0.2) is 72.9 Å². The third-order valence-corrected chi connectivity index (χ3v) is 11.2. The van der Waals surface area contributed by atoms with Gasteiger partial charge in [-0.05, 0) is 77.0 Å². The first-order chi connectivity index (χ1) is 32.0. The quantitative estimate of drug-likeness (QED) is 0.0209.